The molecule has 6 atom stereocenters. The van der Waals surface area contributed by atoms with E-state index >= 15 is 0 Å². The zero-order valence-corrected chi connectivity index (χ0v) is 17.9. The van der Waals surface area contributed by atoms with Gasteiger partial charge < -0.3 is 14.9 Å². The molecule has 3 aliphatic carbocycles. The zero-order valence-electron chi connectivity index (χ0n) is 17.9. The minimum absolute atomic E-state index is 0.0605. The molecule has 4 heteroatoms. The first-order valence-electron chi connectivity index (χ1n) is 11.0. The van der Waals surface area contributed by atoms with Crippen molar-refractivity contribution in [2.45, 2.75) is 71.3 Å². The smallest absolute Gasteiger partial charge is 0.226 e. The Balaban J connectivity index is 1.65. The van der Waals surface area contributed by atoms with Crippen molar-refractivity contribution in [3.05, 3.63) is 11.8 Å². The SMILES string of the molecule is CN(C)CCN1C(=O)CC[C@]2(C)C1=CC[C@@H]1[C@@H]2CC[C@]2(C)[C@H]1CC[C@]2(C)O. The van der Waals surface area contributed by atoms with Crippen LogP contribution in [0.2, 0.25) is 0 Å². The van der Waals surface area contributed by atoms with E-state index in [0.717, 1.165) is 45.2 Å². The number of aliphatic hydroxyl groups is 1. The van der Waals surface area contributed by atoms with E-state index in [9.17, 15) is 9.90 Å². The summed E-state index contributed by atoms with van der Waals surface area (Å²) in [7, 11) is 4.15. The molecular formula is C23H38N2O2. The highest BCUT2D eigenvalue weighted by atomic mass is 16.3. The van der Waals surface area contributed by atoms with Gasteiger partial charge in [0.1, 0.15) is 0 Å². The van der Waals surface area contributed by atoms with Crippen molar-refractivity contribution in [3.63, 3.8) is 0 Å². The van der Waals surface area contributed by atoms with Crippen molar-refractivity contribution in [2.75, 3.05) is 27.2 Å². The molecule has 3 fully saturated rings. The largest absolute Gasteiger partial charge is 0.390 e. The summed E-state index contributed by atoms with van der Waals surface area (Å²) < 4.78 is 0. The third-order valence-corrected chi connectivity index (χ3v) is 9.21. The van der Waals surface area contributed by atoms with Crippen LogP contribution in [0.5, 0.6) is 0 Å². The summed E-state index contributed by atoms with van der Waals surface area (Å²) >= 11 is 0. The van der Waals surface area contributed by atoms with Crippen molar-refractivity contribution >= 4 is 5.91 Å². The summed E-state index contributed by atoms with van der Waals surface area (Å²) in [5.74, 6) is 2.24. The molecule has 1 saturated heterocycles. The lowest BCUT2D eigenvalue weighted by Crippen LogP contribution is -2.56. The van der Waals surface area contributed by atoms with Crippen molar-refractivity contribution in [3.8, 4) is 0 Å². The van der Waals surface area contributed by atoms with E-state index in [2.05, 4.69) is 50.7 Å². The van der Waals surface area contributed by atoms with Crippen LogP contribution in [0.1, 0.15) is 65.7 Å². The third kappa shape index (κ3) is 2.73. The standard InChI is InChI=1S/C23H38N2O2/c1-21-11-10-20(26)25(15-14-24(4)5)19(21)7-6-16-17(21)8-12-22(2)18(16)9-13-23(22,3)27/h7,16-18,27H,6,8-15H2,1-5H3/t16-,17+,18+,21+,22-,23+/m1/s1. The van der Waals surface area contributed by atoms with E-state index in [1.54, 1.807) is 0 Å². The van der Waals surface area contributed by atoms with Crippen LogP contribution < -0.4 is 0 Å². The Labute approximate surface area is 165 Å². The highest BCUT2D eigenvalue weighted by Gasteiger charge is 2.62. The molecule has 0 bridgehead atoms. The molecule has 4 aliphatic rings. The van der Waals surface area contributed by atoms with Crippen LogP contribution >= 0.6 is 0 Å². The van der Waals surface area contributed by atoms with Crippen LogP contribution in [0.4, 0.5) is 0 Å². The lowest BCUT2D eigenvalue weighted by atomic mass is 9.48. The van der Waals surface area contributed by atoms with E-state index in [1.807, 2.05) is 0 Å². The molecule has 0 aromatic rings. The molecule has 152 valence electrons. The molecule has 1 heterocycles. The molecule has 0 aromatic heterocycles. The molecule has 2 saturated carbocycles. The Bertz CT molecular complexity index is 655. The monoisotopic (exact) mass is 374 g/mol. The van der Waals surface area contributed by atoms with E-state index in [-0.39, 0.29) is 10.8 Å². The number of rotatable bonds is 3. The van der Waals surface area contributed by atoms with Gasteiger partial charge in [-0.15, -0.1) is 0 Å². The van der Waals surface area contributed by atoms with Gasteiger partial charge in [-0.3, -0.25) is 4.79 Å². The number of carbonyl (C=O) groups excluding carboxylic acids is 1. The fraction of sp³-hybridized carbons (Fsp3) is 0.870. The second-order valence-electron chi connectivity index (χ2n) is 10.7. The van der Waals surface area contributed by atoms with E-state index < -0.39 is 5.60 Å². The summed E-state index contributed by atoms with van der Waals surface area (Å²) in [6, 6.07) is 0. The highest BCUT2D eigenvalue weighted by Crippen LogP contribution is 2.66. The number of likely N-dealkylation sites (tertiary alicyclic amines) is 1. The molecule has 1 amide bonds. The number of likely N-dealkylation sites (N-methyl/N-ethyl adjacent to an activating group) is 1. The average Bonchev–Trinajstić information content (AvgIpc) is 2.84. The predicted octanol–water partition coefficient (Wildman–Crippen LogP) is 3.66. The van der Waals surface area contributed by atoms with Gasteiger partial charge in [0.05, 0.1) is 5.60 Å². The fourth-order valence-electron chi connectivity index (χ4n) is 7.23. The lowest BCUT2D eigenvalue weighted by Gasteiger charge is -2.59. The normalized spacial score (nSPS) is 46.8. The zero-order chi connectivity index (χ0) is 19.6. The minimum atomic E-state index is -0.520. The van der Waals surface area contributed by atoms with Gasteiger partial charge in [-0.25, -0.2) is 0 Å². The van der Waals surface area contributed by atoms with Crippen molar-refractivity contribution in [1.82, 2.24) is 9.80 Å². The molecule has 0 aromatic carbocycles. The van der Waals surface area contributed by atoms with Crippen LogP contribution in [0, 0.1) is 28.6 Å². The number of carbonyl (C=O) groups is 1. The quantitative estimate of drug-likeness (QED) is 0.820. The summed E-state index contributed by atoms with van der Waals surface area (Å²) in [5.41, 5.74) is 0.979. The molecule has 1 aliphatic heterocycles. The van der Waals surface area contributed by atoms with E-state index in [4.69, 9.17) is 0 Å². The maximum Gasteiger partial charge on any atom is 0.226 e. The molecule has 4 nitrogen and oxygen atoms in total. The number of hydrogen-bond donors (Lipinski definition) is 1. The second-order valence-corrected chi connectivity index (χ2v) is 10.7. The number of amides is 1. The third-order valence-electron chi connectivity index (χ3n) is 9.21. The van der Waals surface area contributed by atoms with Gasteiger partial charge in [0, 0.05) is 30.6 Å². The Hall–Kier alpha value is -0.870. The van der Waals surface area contributed by atoms with Crippen molar-refractivity contribution in [2.24, 2.45) is 28.6 Å². The van der Waals surface area contributed by atoms with E-state index in [0.29, 0.717) is 30.1 Å². The van der Waals surface area contributed by atoms with Crippen LogP contribution in [-0.2, 0) is 4.79 Å². The van der Waals surface area contributed by atoms with Gasteiger partial charge in [0.2, 0.25) is 5.91 Å². The average molecular weight is 375 g/mol. The van der Waals surface area contributed by atoms with Crippen molar-refractivity contribution < 1.29 is 9.90 Å². The fourth-order valence-corrected chi connectivity index (χ4v) is 7.23. The molecule has 1 N–H and O–H groups in total. The molecular weight excluding hydrogens is 336 g/mol. The molecule has 4 rings (SSSR count). The summed E-state index contributed by atoms with van der Waals surface area (Å²) in [4.78, 5) is 17.0. The van der Waals surface area contributed by atoms with Crippen LogP contribution in [0.15, 0.2) is 11.8 Å². The van der Waals surface area contributed by atoms with Crippen LogP contribution in [-0.4, -0.2) is 53.6 Å². The predicted molar refractivity (Wildman–Crippen MR) is 108 cm³/mol. The van der Waals surface area contributed by atoms with Gasteiger partial charge >= 0.3 is 0 Å². The summed E-state index contributed by atoms with van der Waals surface area (Å²) in [6.07, 6.45) is 9.59. The first-order chi connectivity index (χ1) is 12.6. The van der Waals surface area contributed by atoms with Crippen molar-refractivity contribution in [1.29, 1.82) is 0 Å². The van der Waals surface area contributed by atoms with Gasteiger partial charge in [-0.1, -0.05) is 19.9 Å². The number of fused-ring (bicyclic) bond motifs is 5. The van der Waals surface area contributed by atoms with Crippen LogP contribution in [0.25, 0.3) is 0 Å². The van der Waals surface area contributed by atoms with Gasteiger partial charge in [-0.2, -0.15) is 0 Å². The van der Waals surface area contributed by atoms with Gasteiger partial charge in [-0.05, 0) is 82.7 Å². The Morgan fingerprint density at radius 2 is 1.85 bits per heavy atom. The minimum Gasteiger partial charge on any atom is -0.390 e. The number of hydrogen-bond acceptors (Lipinski definition) is 3. The number of nitrogens with zero attached hydrogens (tertiary/aromatic N) is 2. The van der Waals surface area contributed by atoms with Gasteiger partial charge in [0.15, 0.2) is 0 Å². The highest BCUT2D eigenvalue weighted by molar-refractivity contribution is 5.80. The van der Waals surface area contributed by atoms with Crippen LogP contribution in [0.3, 0.4) is 0 Å². The topological polar surface area (TPSA) is 43.8 Å². The summed E-state index contributed by atoms with van der Waals surface area (Å²) in [5, 5.41) is 11.1. The van der Waals surface area contributed by atoms with E-state index in [1.165, 1.54) is 12.1 Å². The number of allylic oxidation sites excluding steroid dienone is 2. The maximum atomic E-state index is 12.7. The molecule has 0 radical (unpaired) electrons. The maximum absolute atomic E-state index is 12.7. The first kappa shape index (κ1) is 19.4. The Morgan fingerprint density at radius 3 is 2.56 bits per heavy atom. The Kier molecular flexibility index (Phi) is 4.55. The molecule has 0 unspecified atom stereocenters. The first-order valence-corrected chi connectivity index (χ1v) is 11.0. The number of piperidine rings is 1. The second kappa shape index (κ2) is 6.32. The molecule has 0 spiro atoms. The molecule has 27 heavy (non-hydrogen) atoms. The Morgan fingerprint density at radius 1 is 1.15 bits per heavy atom. The lowest BCUT2D eigenvalue weighted by molar-refractivity contribution is -0.141. The van der Waals surface area contributed by atoms with Gasteiger partial charge in [0.25, 0.3) is 0 Å². The summed E-state index contributed by atoms with van der Waals surface area (Å²) in [6.45, 7) is 8.56.